The molecule has 2 aromatic rings. The third kappa shape index (κ3) is 5.36. The van der Waals surface area contributed by atoms with Crippen molar-refractivity contribution in [2.75, 3.05) is 13.1 Å². The zero-order valence-electron chi connectivity index (χ0n) is 17.0. The van der Waals surface area contributed by atoms with Crippen molar-refractivity contribution in [1.29, 1.82) is 0 Å². The van der Waals surface area contributed by atoms with Crippen molar-refractivity contribution < 1.29 is 23.1 Å². The number of hydrogen-bond donors (Lipinski definition) is 1. The minimum atomic E-state index is -3.01. The molecule has 2 unspecified atom stereocenters. The summed E-state index contributed by atoms with van der Waals surface area (Å²) in [6.45, 7) is 1.83. The van der Waals surface area contributed by atoms with E-state index >= 15 is 0 Å². The molecule has 5 nitrogen and oxygen atoms in total. The zero-order chi connectivity index (χ0) is 21.7. The second kappa shape index (κ2) is 10.0. The number of halogens is 2. The summed E-state index contributed by atoms with van der Waals surface area (Å²) < 4.78 is 29.8. The molecule has 0 aliphatic carbocycles. The standard InChI is InChI=1S/C22H26F2N2O3S/c1-14(2)19(18-10-6-12-30-18)25-20(27)15-7-5-11-26(13-15)21(28)16-8-3-4-9-17(16)29-22(23)24/h3-4,6,8-10,12,14-15,19,22H,5,7,11,13H2,1-2H3,(H,25,27). The molecular formula is C22H26F2N2O3S. The van der Waals surface area contributed by atoms with Gasteiger partial charge in [0.25, 0.3) is 5.91 Å². The Morgan fingerprint density at radius 2 is 1.97 bits per heavy atom. The third-order valence-corrected chi connectivity index (χ3v) is 6.18. The van der Waals surface area contributed by atoms with Crippen LogP contribution in [0.25, 0.3) is 0 Å². The molecule has 0 saturated carbocycles. The van der Waals surface area contributed by atoms with Crippen LogP contribution in [0.1, 0.15) is 48.0 Å². The number of benzene rings is 1. The van der Waals surface area contributed by atoms with Crippen molar-refractivity contribution in [3.05, 3.63) is 52.2 Å². The molecule has 0 spiro atoms. The molecule has 2 atom stereocenters. The summed E-state index contributed by atoms with van der Waals surface area (Å²) in [5.74, 6) is -0.750. The number of para-hydroxylation sites is 1. The van der Waals surface area contributed by atoms with Crippen molar-refractivity contribution in [3.63, 3.8) is 0 Å². The van der Waals surface area contributed by atoms with Gasteiger partial charge in [0.1, 0.15) is 5.75 Å². The average Bonchev–Trinajstić information content (AvgIpc) is 3.25. The largest absolute Gasteiger partial charge is 0.434 e. The normalized spacial score (nSPS) is 17.8. The van der Waals surface area contributed by atoms with Crippen LogP contribution in [0.15, 0.2) is 41.8 Å². The van der Waals surface area contributed by atoms with Gasteiger partial charge >= 0.3 is 6.61 Å². The Morgan fingerprint density at radius 1 is 1.20 bits per heavy atom. The van der Waals surface area contributed by atoms with E-state index in [2.05, 4.69) is 23.9 Å². The molecule has 1 aliphatic heterocycles. The molecule has 2 heterocycles. The fourth-order valence-corrected chi connectivity index (χ4v) is 4.64. The van der Waals surface area contributed by atoms with Crippen LogP contribution in [0.2, 0.25) is 0 Å². The fourth-order valence-electron chi connectivity index (χ4n) is 3.69. The first-order valence-electron chi connectivity index (χ1n) is 10.0. The van der Waals surface area contributed by atoms with Gasteiger partial charge in [-0.15, -0.1) is 11.3 Å². The smallest absolute Gasteiger partial charge is 0.387 e. The molecule has 2 amide bonds. The summed E-state index contributed by atoms with van der Waals surface area (Å²) in [6, 6.07) is 9.85. The Hall–Kier alpha value is -2.48. The molecule has 1 aromatic heterocycles. The highest BCUT2D eigenvalue weighted by Gasteiger charge is 2.32. The lowest BCUT2D eigenvalue weighted by Crippen LogP contribution is -2.46. The van der Waals surface area contributed by atoms with Crippen LogP contribution in [-0.4, -0.2) is 36.4 Å². The number of ether oxygens (including phenoxy) is 1. The highest BCUT2D eigenvalue weighted by atomic mass is 32.1. The number of piperidine rings is 1. The number of carbonyl (C=O) groups is 2. The molecule has 162 valence electrons. The molecule has 1 N–H and O–H groups in total. The first-order valence-corrected chi connectivity index (χ1v) is 10.9. The minimum absolute atomic E-state index is 0.0799. The second-order valence-corrected chi connectivity index (χ2v) is 8.69. The highest BCUT2D eigenvalue weighted by molar-refractivity contribution is 7.10. The lowest BCUT2D eigenvalue weighted by molar-refractivity contribution is -0.127. The van der Waals surface area contributed by atoms with Gasteiger partial charge in [-0.1, -0.05) is 32.0 Å². The van der Waals surface area contributed by atoms with Crippen molar-refractivity contribution in [2.45, 2.75) is 39.3 Å². The third-order valence-electron chi connectivity index (χ3n) is 5.23. The molecular weight excluding hydrogens is 410 g/mol. The molecule has 3 rings (SSSR count). The molecule has 0 bridgehead atoms. The summed E-state index contributed by atoms with van der Waals surface area (Å²) in [7, 11) is 0. The second-order valence-electron chi connectivity index (χ2n) is 7.71. The minimum Gasteiger partial charge on any atom is -0.434 e. The highest BCUT2D eigenvalue weighted by Crippen LogP contribution is 2.28. The number of rotatable bonds is 7. The Morgan fingerprint density at radius 3 is 2.63 bits per heavy atom. The van der Waals surface area contributed by atoms with E-state index in [1.807, 2.05) is 17.5 Å². The summed E-state index contributed by atoms with van der Waals surface area (Å²) in [6.07, 6.45) is 1.35. The number of nitrogens with one attached hydrogen (secondary N) is 1. The van der Waals surface area contributed by atoms with Crippen LogP contribution in [0.4, 0.5) is 8.78 Å². The van der Waals surface area contributed by atoms with Crippen LogP contribution in [0.5, 0.6) is 5.75 Å². The van der Waals surface area contributed by atoms with E-state index in [0.717, 1.165) is 4.88 Å². The molecule has 1 fully saturated rings. The van der Waals surface area contributed by atoms with Gasteiger partial charge in [0, 0.05) is 18.0 Å². The molecule has 1 saturated heterocycles. The van der Waals surface area contributed by atoms with Crippen LogP contribution < -0.4 is 10.1 Å². The maximum atomic E-state index is 13.0. The number of likely N-dealkylation sites (tertiary alicyclic amines) is 1. The first kappa shape index (κ1) is 22.2. The van der Waals surface area contributed by atoms with E-state index in [1.165, 1.54) is 18.2 Å². The van der Waals surface area contributed by atoms with Gasteiger partial charge < -0.3 is 15.0 Å². The van der Waals surface area contributed by atoms with E-state index in [4.69, 9.17) is 0 Å². The average molecular weight is 437 g/mol. The van der Waals surface area contributed by atoms with E-state index in [-0.39, 0.29) is 41.6 Å². The maximum absolute atomic E-state index is 13.0. The first-order chi connectivity index (χ1) is 14.4. The molecule has 30 heavy (non-hydrogen) atoms. The quantitative estimate of drug-likeness (QED) is 0.684. The fraction of sp³-hybridized carbons (Fsp3) is 0.455. The van der Waals surface area contributed by atoms with Crippen LogP contribution in [-0.2, 0) is 4.79 Å². The topological polar surface area (TPSA) is 58.6 Å². The van der Waals surface area contributed by atoms with E-state index in [0.29, 0.717) is 19.4 Å². The lowest BCUT2D eigenvalue weighted by Gasteiger charge is -2.33. The number of thiophene rings is 1. The lowest BCUT2D eigenvalue weighted by atomic mass is 9.94. The van der Waals surface area contributed by atoms with Gasteiger partial charge in [0.15, 0.2) is 0 Å². The summed E-state index contributed by atoms with van der Waals surface area (Å²) in [5, 5.41) is 5.12. The van der Waals surface area contributed by atoms with Crippen molar-refractivity contribution in [3.8, 4) is 5.75 Å². The number of amides is 2. The Labute approximate surface area is 179 Å². The maximum Gasteiger partial charge on any atom is 0.387 e. The molecule has 1 aliphatic rings. The van der Waals surface area contributed by atoms with Gasteiger partial charge in [0.2, 0.25) is 5.91 Å². The monoisotopic (exact) mass is 436 g/mol. The van der Waals surface area contributed by atoms with Crippen LogP contribution in [0, 0.1) is 11.8 Å². The Bertz CT molecular complexity index is 858. The Kier molecular flexibility index (Phi) is 7.42. The van der Waals surface area contributed by atoms with Gasteiger partial charge in [-0.3, -0.25) is 9.59 Å². The van der Waals surface area contributed by atoms with Gasteiger partial charge in [-0.25, -0.2) is 0 Å². The summed E-state index contributed by atoms with van der Waals surface area (Å²) >= 11 is 1.60. The van der Waals surface area contributed by atoms with Crippen molar-refractivity contribution >= 4 is 23.2 Å². The number of hydrogen-bond acceptors (Lipinski definition) is 4. The number of nitrogens with zero attached hydrogens (tertiary/aromatic N) is 1. The predicted molar refractivity (Wildman–Crippen MR) is 112 cm³/mol. The van der Waals surface area contributed by atoms with Gasteiger partial charge in [-0.2, -0.15) is 8.78 Å². The van der Waals surface area contributed by atoms with E-state index in [9.17, 15) is 18.4 Å². The van der Waals surface area contributed by atoms with Crippen molar-refractivity contribution in [2.24, 2.45) is 11.8 Å². The van der Waals surface area contributed by atoms with Crippen LogP contribution in [0.3, 0.4) is 0 Å². The number of carbonyl (C=O) groups excluding carboxylic acids is 2. The van der Waals surface area contributed by atoms with Gasteiger partial charge in [0.05, 0.1) is 17.5 Å². The Balaban J connectivity index is 1.69. The molecule has 0 radical (unpaired) electrons. The van der Waals surface area contributed by atoms with Crippen LogP contribution >= 0.6 is 11.3 Å². The SMILES string of the molecule is CC(C)C(NC(=O)C1CCCN(C(=O)c2ccccc2OC(F)F)C1)c1cccs1. The van der Waals surface area contributed by atoms with Gasteiger partial charge in [-0.05, 0) is 42.3 Å². The predicted octanol–water partition coefficient (Wildman–Crippen LogP) is 4.72. The summed E-state index contributed by atoms with van der Waals surface area (Å²) in [4.78, 5) is 28.6. The molecule has 8 heteroatoms. The van der Waals surface area contributed by atoms with E-state index < -0.39 is 12.5 Å². The van der Waals surface area contributed by atoms with Crippen molar-refractivity contribution in [1.82, 2.24) is 10.2 Å². The zero-order valence-corrected chi connectivity index (χ0v) is 17.8. The summed E-state index contributed by atoms with van der Waals surface area (Å²) in [5.41, 5.74) is 0.0810. The number of alkyl halides is 2. The molecule has 1 aromatic carbocycles. The van der Waals surface area contributed by atoms with E-state index in [1.54, 1.807) is 22.3 Å².